The predicted molar refractivity (Wildman–Crippen MR) is 98.9 cm³/mol. The minimum atomic E-state index is 0.395. The fourth-order valence-electron chi connectivity index (χ4n) is 2.40. The lowest BCUT2D eigenvalue weighted by Crippen LogP contribution is -2.31. The summed E-state index contributed by atoms with van der Waals surface area (Å²) in [6.07, 6.45) is 0. The largest absolute Gasteiger partial charge is 0.493 e. The van der Waals surface area contributed by atoms with E-state index in [4.69, 9.17) is 19.9 Å². The summed E-state index contributed by atoms with van der Waals surface area (Å²) in [5.41, 5.74) is 9.18. The van der Waals surface area contributed by atoms with Crippen molar-refractivity contribution in [1.82, 2.24) is 5.32 Å². The molecule has 2 aromatic rings. The lowest BCUT2D eigenvalue weighted by molar-refractivity contribution is 0.185. The lowest BCUT2D eigenvalue weighted by Gasteiger charge is -2.10. The monoisotopic (exact) mass is 343 g/mol. The minimum Gasteiger partial charge on any atom is -0.493 e. The fraction of sp³-hybridized carbons (Fsp3) is 0.316. The first kappa shape index (κ1) is 18.6. The van der Waals surface area contributed by atoms with Gasteiger partial charge in [0.25, 0.3) is 0 Å². The Morgan fingerprint density at radius 2 is 1.72 bits per heavy atom. The van der Waals surface area contributed by atoms with Gasteiger partial charge in [0.1, 0.15) is 0 Å². The van der Waals surface area contributed by atoms with Crippen LogP contribution in [0.2, 0.25) is 0 Å². The third-order valence-corrected chi connectivity index (χ3v) is 3.66. The topological polar surface area (TPSA) is 78.1 Å². The number of nitrogens with zero attached hydrogens (tertiary/aromatic N) is 1. The summed E-state index contributed by atoms with van der Waals surface area (Å²) in [6.45, 7) is 1.66. The quantitative estimate of drug-likeness (QED) is 0.569. The van der Waals surface area contributed by atoms with Crippen LogP contribution in [-0.4, -0.2) is 27.3 Å². The molecular weight excluding hydrogens is 318 g/mol. The molecule has 2 aromatic carbocycles. The Morgan fingerprint density at radius 1 is 0.960 bits per heavy atom. The molecule has 0 spiro atoms. The number of nitrogens with one attached hydrogen (secondary N) is 1. The highest BCUT2D eigenvalue weighted by Crippen LogP contribution is 2.27. The van der Waals surface area contributed by atoms with Gasteiger partial charge in [-0.25, -0.2) is 4.99 Å². The molecule has 134 valence electrons. The van der Waals surface area contributed by atoms with Gasteiger partial charge in [-0.1, -0.05) is 30.3 Å². The van der Waals surface area contributed by atoms with E-state index in [2.05, 4.69) is 16.4 Å². The molecule has 6 nitrogen and oxygen atoms in total. The predicted octanol–water partition coefficient (Wildman–Crippen LogP) is 2.45. The molecule has 0 radical (unpaired) electrons. The first-order valence-electron chi connectivity index (χ1n) is 7.97. The zero-order valence-electron chi connectivity index (χ0n) is 14.9. The summed E-state index contributed by atoms with van der Waals surface area (Å²) in [7, 11) is 4.91. The van der Waals surface area contributed by atoms with Crippen molar-refractivity contribution in [3.05, 3.63) is 59.2 Å². The van der Waals surface area contributed by atoms with Crippen molar-refractivity contribution in [1.29, 1.82) is 0 Å². The second kappa shape index (κ2) is 9.54. The van der Waals surface area contributed by atoms with Crippen molar-refractivity contribution >= 4 is 5.96 Å². The van der Waals surface area contributed by atoms with Crippen molar-refractivity contribution in [2.45, 2.75) is 19.7 Å². The molecule has 0 aliphatic carbocycles. The highest BCUT2D eigenvalue weighted by Gasteiger charge is 2.04. The molecule has 6 heteroatoms. The minimum absolute atomic E-state index is 0.395. The highest BCUT2D eigenvalue weighted by molar-refractivity contribution is 5.77. The second-order valence-electron chi connectivity index (χ2n) is 5.50. The Balaban J connectivity index is 1.92. The van der Waals surface area contributed by atoms with Gasteiger partial charge in [-0.05, 0) is 28.8 Å². The average molecular weight is 343 g/mol. The van der Waals surface area contributed by atoms with E-state index in [0.717, 1.165) is 16.7 Å². The standard InChI is InChI=1S/C19H25N3O3/c1-23-13-16-6-4-5-14(9-16)11-21-19(20)22-12-15-7-8-17(24-2)18(10-15)25-3/h4-10H,11-13H2,1-3H3,(H3,20,21,22). The molecule has 0 aliphatic heterocycles. The van der Waals surface area contributed by atoms with E-state index >= 15 is 0 Å². The van der Waals surface area contributed by atoms with Crippen LogP contribution in [0, 0.1) is 0 Å². The van der Waals surface area contributed by atoms with Crippen molar-refractivity contribution in [3.8, 4) is 11.5 Å². The number of aliphatic imine (C=N–C) groups is 1. The summed E-state index contributed by atoms with van der Waals surface area (Å²) in [4.78, 5) is 4.37. The van der Waals surface area contributed by atoms with E-state index in [1.807, 2.05) is 36.4 Å². The van der Waals surface area contributed by atoms with Crippen LogP contribution < -0.4 is 20.5 Å². The number of benzene rings is 2. The zero-order valence-corrected chi connectivity index (χ0v) is 14.9. The maximum Gasteiger partial charge on any atom is 0.189 e. The van der Waals surface area contributed by atoms with Gasteiger partial charge in [0, 0.05) is 13.7 Å². The van der Waals surface area contributed by atoms with Crippen LogP contribution in [0.15, 0.2) is 47.5 Å². The van der Waals surface area contributed by atoms with E-state index in [9.17, 15) is 0 Å². The average Bonchev–Trinajstić information content (AvgIpc) is 2.65. The maximum atomic E-state index is 5.95. The molecule has 25 heavy (non-hydrogen) atoms. The van der Waals surface area contributed by atoms with Crippen molar-refractivity contribution < 1.29 is 14.2 Å². The Kier molecular flexibility index (Phi) is 7.10. The summed E-state index contributed by atoms with van der Waals surface area (Å²) in [5.74, 6) is 1.78. The molecule has 0 unspecified atom stereocenters. The number of nitrogens with two attached hydrogens (primary N) is 1. The van der Waals surface area contributed by atoms with Gasteiger partial charge in [0.2, 0.25) is 0 Å². The van der Waals surface area contributed by atoms with Crippen LogP contribution in [0.25, 0.3) is 0 Å². The van der Waals surface area contributed by atoms with Crippen LogP contribution in [0.4, 0.5) is 0 Å². The molecule has 2 rings (SSSR count). The Morgan fingerprint density at radius 3 is 2.44 bits per heavy atom. The Labute approximate surface area is 148 Å². The Bertz CT molecular complexity index is 717. The molecule has 0 heterocycles. The molecule has 0 aromatic heterocycles. The van der Waals surface area contributed by atoms with E-state index < -0.39 is 0 Å². The number of hydrogen-bond donors (Lipinski definition) is 2. The van der Waals surface area contributed by atoms with Gasteiger partial charge >= 0.3 is 0 Å². The maximum absolute atomic E-state index is 5.95. The number of methoxy groups -OCH3 is 3. The summed E-state index contributed by atoms with van der Waals surface area (Å²) >= 11 is 0. The third kappa shape index (κ3) is 5.69. The fourth-order valence-corrected chi connectivity index (χ4v) is 2.40. The number of rotatable bonds is 8. The number of hydrogen-bond acceptors (Lipinski definition) is 4. The first-order chi connectivity index (χ1) is 12.2. The number of ether oxygens (including phenoxy) is 3. The molecule has 0 fully saturated rings. The summed E-state index contributed by atoms with van der Waals surface area (Å²) in [5, 5.41) is 3.10. The van der Waals surface area contributed by atoms with Crippen LogP contribution in [0.1, 0.15) is 16.7 Å². The molecule has 0 saturated carbocycles. The van der Waals surface area contributed by atoms with Crippen molar-refractivity contribution in [3.63, 3.8) is 0 Å². The molecule has 0 atom stereocenters. The molecule has 0 bridgehead atoms. The van der Waals surface area contributed by atoms with Gasteiger partial charge in [0.15, 0.2) is 17.5 Å². The molecular formula is C19H25N3O3. The van der Waals surface area contributed by atoms with E-state index in [0.29, 0.717) is 37.2 Å². The van der Waals surface area contributed by atoms with Crippen LogP contribution >= 0.6 is 0 Å². The van der Waals surface area contributed by atoms with Crippen molar-refractivity contribution in [2.24, 2.45) is 10.7 Å². The SMILES string of the molecule is COCc1cccc(CN=C(N)NCc2ccc(OC)c(OC)c2)c1. The molecule has 0 saturated heterocycles. The second-order valence-corrected chi connectivity index (χ2v) is 5.50. The summed E-state index contributed by atoms with van der Waals surface area (Å²) < 4.78 is 15.7. The lowest BCUT2D eigenvalue weighted by atomic mass is 10.1. The third-order valence-electron chi connectivity index (χ3n) is 3.66. The molecule has 0 amide bonds. The Hall–Kier alpha value is -2.73. The summed E-state index contributed by atoms with van der Waals surface area (Å²) in [6, 6.07) is 13.8. The van der Waals surface area contributed by atoms with E-state index in [1.54, 1.807) is 21.3 Å². The normalized spacial score (nSPS) is 11.2. The van der Waals surface area contributed by atoms with Gasteiger partial charge in [0.05, 0.1) is 27.4 Å². The van der Waals surface area contributed by atoms with Gasteiger partial charge in [-0.2, -0.15) is 0 Å². The van der Waals surface area contributed by atoms with Crippen LogP contribution in [-0.2, 0) is 24.4 Å². The van der Waals surface area contributed by atoms with Crippen LogP contribution in [0.3, 0.4) is 0 Å². The van der Waals surface area contributed by atoms with E-state index in [1.165, 1.54) is 0 Å². The smallest absolute Gasteiger partial charge is 0.189 e. The van der Waals surface area contributed by atoms with Gasteiger partial charge < -0.3 is 25.3 Å². The van der Waals surface area contributed by atoms with Gasteiger partial charge in [-0.3, -0.25) is 0 Å². The molecule has 0 aliphatic rings. The van der Waals surface area contributed by atoms with Gasteiger partial charge in [-0.15, -0.1) is 0 Å². The molecule has 3 N–H and O–H groups in total. The highest BCUT2D eigenvalue weighted by atomic mass is 16.5. The first-order valence-corrected chi connectivity index (χ1v) is 7.97. The number of guanidine groups is 1. The van der Waals surface area contributed by atoms with E-state index in [-0.39, 0.29) is 0 Å². The van der Waals surface area contributed by atoms with Crippen LogP contribution in [0.5, 0.6) is 11.5 Å². The zero-order chi connectivity index (χ0) is 18.1. The van der Waals surface area contributed by atoms with Crippen molar-refractivity contribution in [2.75, 3.05) is 21.3 Å².